The Morgan fingerprint density at radius 2 is 1.80 bits per heavy atom. The van der Waals surface area contributed by atoms with Crippen molar-refractivity contribution in [3.8, 4) is 0 Å². The summed E-state index contributed by atoms with van der Waals surface area (Å²) in [5.41, 5.74) is -0.0976. The molecule has 0 spiro atoms. The monoisotopic (exact) mass is 212 g/mol. The molecule has 0 heterocycles. The fourth-order valence-electron chi connectivity index (χ4n) is 2.02. The molecule has 15 heavy (non-hydrogen) atoms. The molecule has 0 saturated carbocycles. The molecular formula is C11H16O4. The molecule has 4 nitrogen and oxygen atoms in total. The molecule has 1 rings (SSSR count). The van der Waals surface area contributed by atoms with Crippen LogP contribution in [0.2, 0.25) is 0 Å². The summed E-state index contributed by atoms with van der Waals surface area (Å²) in [5, 5.41) is 0. The van der Waals surface area contributed by atoms with Crippen LogP contribution in [0.4, 0.5) is 0 Å². The Hall–Kier alpha value is -1.32. The van der Waals surface area contributed by atoms with Gasteiger partial charge in [-0.25, -0.2) is 0 Å². The lowest BCUT2D eigenvalue weighted by Crippen LogP contribution is -2.42. The van der Waals surface area contributed by atoms with Crippen LogP contribution >= 0.6 is 0 Å². The van der Waals surface area contributed by atoms with Gasteiger partial charge >= 0.3 is 11.9 Å². The Kier molecular flexibility index (Phi) is 3.50. The van der Waals surface area contributed by atoms with Crippen molar-refractivity contribution in [3.63, 3.8) is 0 Å². The number of carbonyl (C=O) groups excluding carboxylic acids is 2. The third-order valence-corrected chi connectivity index (χ3v) is 2.80. The Labute approximate surface area is 89.2 Å². The average Bonchev–Trinajstić information content (AvgIpc) is 2.26. The summed E-state index contributed by atoms with van der Waals surface area (Å²) in [6.45, 7) is 1.90. The summed E-state index contributed by atoms with van der Waals surface area (Å²) in [4.78, 5) is 23.4. The lowest BCUT2D eigenvalue weighted by molar-refractivity contribution is -0.170. The number of esters is 2. The van der Waals surface area contributed by atoms with Crippen molar-refractivity contribution in [2.45, 2.75) is 26.2 Å². The van der Waals surface area contributed by atoms with Crippen LogP contribution in [0.15, 0.2) is 11.6 Å². The highest BCUT2D eigenvalue weighted by Crippen LogP contribution is 2.38. The zero-order valence-electron chi connectivity index (χ0n) is 9.33. The highest BCUT2D eigenvalue weighted by atomic mass is 16.5. The highest BCUT2D eigenvalue weighted by Gasteiger charge is 2.48. The molecule has 0 aromatic heterocycles. The van der Waals surface area contributed by atoms with E-state index in [2.05, 4.69) is 0 Å². The van der Waals surface area contributed by atoms with E-state index in [4.69, 9.17) is 9.47 Å². The zero-order chi connectivity index (χ0) is 11.5. The standard InChI is InChI=1S/C11H16O4/c1-8-5-4-6-11(7-8,9(12)14-2)10(13)15-3/h5H,4,6-7H2,1-3H3. The van der Waals surface area contributed by atoms with Gasteiger partial charge in [0.05, 0.1) is 14.2 Å². The molecule has 1 aliphatic carbocycles. The van der Waals surface area contributed by atoms with Crippen molar-refractivity contribution in [2.75, 3.05) is 14.2 Å². The van der Waals surface area contributed by atoms with Gasteiger partial charge in [0.15, 0.2) is 5.41 Å². The smallest absolute Gasteiger partial charge is 0.323 e. The van der Waals surface area contributed by atoms with Gasteiger partial charge < -0.3 is 9.47 Å². The SMILES string of the molecule is COC(=O)C1(C(=O)OC)CCC=C(C)C1. The van der Waals surface area contributed by atoms with E-state index in [9.17, 15) is 9.59 Å². The fourth-order valence-corrected chi connectivity index (χ4v) is 2.02. The van der Waals surface area contributed by atoms with E-state index in [-0.39, 0.29) is 0 Å². The number of methoxy groups -OCH3 is 2. The van der Waals surface area contributed by atoms with E-state index in [0.29, 0.717) is 19.3 Å². The molecule has 0 atom stereocenters. The third kappa shape index (κ3) is 2.03. The molecule has 4 heteroatoms. The van der Waals surface area contributed by atoms with E-state index in [1.54, 1.807) is 0 Å². The molecule has 0 radical (unpaired) electrons. The first-order valence-corrected chi connectivity index (χ1v) is 4.89. The second-order valence-electron chi connectivity index (χ2n) is 3.83. The Morgan fingerprint density at radius 3 is 2.20 bits per heavy atom. The van der Waals surface area contributed by atoms with Crippen LogP contribution in [0.5, 0.6) is 0 Å². The topological polar surface area (TPSA) is 52.6 Å². The van der Waals surface area contributed by atoms with E-state index < -0.39 is 17.4 Å². The van der Waals surface area contributed by atoms with E-state index in [0.717, 1.165) is 5.57 Å². The van der Waals surface area contributed by atoms with Crippen LogP contribution in [0.3, 0.4) is 0 Å². The van der Waals surface area contributed by atoms with Gasteiger partial charge in [0.1, 0.15) is 0 Å². The predicted octanol–water partition coefficient (Wildman–Crippen LogP) is 1.45. The van der Waals surface area contributed by atoms with Crippen molar-refractivity contribution in [1.29, 1.82) is 0 Å². The molecule has 0 saturated heterocycles. The summed E-state index contributed by atoms with van der Waals surface area (Å²) in [6.07, 6.45) is 3.59. The largest absolute Gasteiger partial charge is 0.468 e. The van der Waals surface area contributed by atoms with Gasteiger partial charge in [0.25, 0.3) is 0 Å². The number of allylic oxidation sites excluding steroid dienone is 2. The number of hydrogen-bond acceptors (Lipinski definition) is 4. The maximum absolute atomic E-state index is 11.7. The van der Waals surface area contributed by atoms with Gasteiger partial charge in [0, 0.05) is 0 Å². The van der Waals surface area contributed by atoms with Gasteiger partial charge in [0.2, 0.25) is 0 Å². The average molecular weight is 212 g/mol. The summed E-state index contributed by atoms with van der Waals surface area (Å²) < 4.78 is 9.39. The number of ether oxygens (including phenoxy) is 2. The first-order chi connectivity index (χ1) is 7.06. The molecule has 0 amide bonds. The fraction of sp³-hybridized carbons (Fsp3) is 0.636. The van der Waals surface area contributed by atoms with Crippen LogP contribution in [0, 0.1) is 5.41 Å². The van der Waals surface area contributed by atoms with Crippen LogP contribution < -0.4 is 0 Å². The Bertz CT molecular complexity index is 288. The molecule has 0 N–H and O–H groups in total. The molecule has 0 unspecified atom stereocenters. The Morgan fingerprint density at radius 1 is 1.27 bits per heavy atom. The number of hydrogen-bond donors (Lipinski definition) is 0. The van der Waals surface area contributed by atoms with E-state index >= 15 is 0 Å². The molecule has 0 aromatic rings. The van der Waals surface area contributed by atoms with Crippen LogP contribution in [-0.2, 0) is 19.1 Å². The van der Waals surface area contributed by atoms with Gasteiger partial charge in [-0.3, -0.25) is 9.59 Å². The second-order valence-corrected chi connectivity index (χ2v) is 3.83. The number of carbonyl (C=O) groups is 2. The third-order valence-electron chi connectivity index (χ3n) is 2.80. The van der Waals surface area contributed by atoms with Gasteiger partial charge in [-0.05, 0) is 26.2 Å². The minimum Gasteiger partial charge on any atom is -0.468 e. The minimum atomic E-state index is -1.12. The maximum Gasteiger partial charge on any atom is 0.323 e. The molecule has 0 bridgehead atoms. The zero-order valence-corrected chi connectivity index (χ0v) is 9.33. The van der Waals surface area contributed by atoms with Crippen LogP contribution in [-0.4, -0.2) is 26.2 Å². The Balaban J connectivity index is 3.02. The van der Waals surface area contributed by atoms with Crippen molar-refractivity contribution < 1.29 is 19.1 Å². The van der Waals surface area contributed by atoms with Crippen LogP contribution in [0.25, 0.3) is 0 Å². The summed E-state index contributed by atoms with van der Waals surface area (Å²) in [6, 6.07) is 0. The minimum absolute atomic E-state index is 0.395. The number of rotatable bonds is 2. The first kappa shape index (κ1) is 11.8. The molecule has 84 valence electrons. The molecule has 1 aliphatic rings. The van der Waals surface area contributed by atoms with E-state index in [1.807, 2.05) is 13.0 Å². The first-order valence-electron chi connectivity index (χ1n) is 4.89. The second kappa shape index (κ2) is 4.47. The van der Waals surface area contributed by atoms with E-state index in [1.165, 1.54) is 14.2 Å². The molecule has 0 aliphatic heterocycles. The normalized spacial score (nSPS) is 19.0. The van der Waals surface area contributed by atoms with Crippen molar-refractivity contribution in [1.82, 2.24) is 0 Å². The van der Waals surface area contributed by atoms with Crippen LogP contribution in [0.1, 0.15) is 26.2 Å². The maximum atomic E-state index is 11.7. The van der Waals surface area contributed by atoms with Crippen molar-refractivity contribution >= 4 is 11.9 Å². The molecule has 0 fully saturated rings. The van der Waals surface area contributed by atoms with Gasteiger partial charge in [-0.1, -0.05) is 11.6 Å². The highest BCUT2D eigenvalue weighted by molar-refractivity contribution is 6.00. The summed E-state index contributed by atoms with van der Waals surface area (Å²) >= 11 is 0. The predicted molar refractivity (Wildman–Crippen MR) is 54.1 cm³/mol. The molecular weight excluding hydrogens is 196 g/mol. The lowest BCUT2D eigenvalue weighted by atomic mass is 9.74. The lowest BCUT2D eigenvalue weighted by Gasteiger charge is -2.30. The quantitative estimate of drug-likeness (QED) is 0.395. The van der Waals surface area contributed by atoms with Gasteiger partial charge in [-0.2, -0.15) is 0 Å². The summed E-state index contributed by atoms with van der Waals surface area (Å²) in [7, 11) is 2.58. The van der Waals surface area contributed by atoms with Gasteiger partial charge in [-0.15, -0.1) is 0 Å². The van der Waals surface area contributed by atoms with Crippen molar-refractivity contribution in [3.05, 3.63) is 11.6 Å². The summed E-state index contributed by atoms with van der Waals surface area (Å²) in [5.74, 6) is -0.997. The van der Waals surface area contributed by atoms with Crippen molar-refractivity contribution in [2.24, 2.45) is 5.41 Å². The molecule has 0 aromatic carbocycles.